The molecular weight excluding hydrogens is 292 g/mol. The average Bonchev–Trinajstić information content (AvgIpc) is 2.81. The summed E-state index contributed by atoms with van der Waals surface area (Å²) in [7, 11) is 0. The van der Waals surface area contributed by atoms with Gasteiger partial charge in [-0.1, -0.05) is 22.9 Å². The molecule has 0 aromatic carbocycles. The van der Waals surface area contributed by atoms with Gasteiger partial charge in [0.1, 0.15) is 5.82 Å². The third-order valence-electron chi connectivity index (χ3n) is 3.72. The van der Waals surface area contributed by atoms with Crippen molar-refractivity contribution in [1.29, 1.82) is 0 Å². The highest BCUT2D eigenvalue weighted by molar-refractivity contribution is 9.10. The Hall–Kier alpha value is -0.940. The largest absolute Gasteiger partial charge is 0.303 e. The Morgan fingerprint density at radius 2 is 2.33 bits per heavy atom. The molecule has 5 heteroatoms. The number of halogens is 1. The molecular formula is C13H17BrN4. The van der Waals surface area contributed by atoms with Crippen LogP contribution in [0.4, 0.5) is 0 Å². The molecule has 18 heavy (non-hydrogen) atoms. The smallest absolute Gasteiger partial charge is 0.161 e. The molecule has 0 bridgehead atoms. The first-order chi connectivity index (χ1) is 8.78. The first-order valence-electron chi connectivity index (χ1n) is 6.50. The number of likely N-dealkylation sites (tertiary alicyclic amines) is 1. The fourth-order valence-electron chi connectivity index (χ4n) is 2.72. The predicted molar refractivity (Wildman–Crippen MR) is 74.8 cm³/mol. The predicted octanol–water partition coefficient (Wildman–Crippen LogP) is 2.69. The summed E-state index contributed by atoms with van der Waals surface area (Å²) in [6, 6.07) is 4.05. The van der Waals surface area contributed by atoms with Crippen LogP contribution in [-0.4, -0.2) is 39.1 Å². The highest BCUT2D eigenvalue weighted by Gasteiger charge is 2.24. The molecule has 0 spiro atoms. The van der Waals surface area contributed by atoms with Crippen LogP contribution in [0.15, 0.2) is 22.8 Å². The lowest BCUT2D eigenvalue weighted by molar-refractivity contribution is 0.213. The van der Waals surface area contributed by atoms with Crippen LogP contribution in [0.25, 0.3) is 5.65 Å². The molecule has 0 N–H and O–H groups in total. The molecule has 3 rings (SSSR count). The Morgan fingerprint density at radius 3 is 3.17 bits per heavy atom. The quantitative estimate of drug-likeness (QED) is 0.855. The molecule has 0 saturated carbocycles. The molecule has 1 saturated heterocycles. The summed E-state index contributed by atoms with van der Waals surface area (Å²) in [6.45, 7) is 5.67. The van der Waals surface area contributed by atoms with Gasteiger partial charge in [0.15, 0.2) is 5.65 Å². The SMILES string of the molecule is CCN1CCCC(c2nnc3cc(Br)ccn23)C1. The van der Waals surface area contributed by atoms with Crippen LogP contribution in [0, 0.1) is 0 Å². The fraction of sp³-hybridized carbons (Fsp3) is 0.538. The fourth-order valence-corrected chi connectivity index (χ4v) is 3.04. The van der Waals surface area contributed by atoms with Crippen LogP contribution in [0.5, 0.6) is 0 Å². The van der Waals surface area contributed by atoms with Gasteiger partial charge in [-0.05, 0) is 38.1 Å². The Bertz CT molecular complexity index is 551. The van der Waals surface area contributed by atoms with Crippen molar-refractivity contribution in [1.82, 2.24) is 19.5 Å². The van der Waals surface area contributed by atoms with Crippen molar-refractivity contribution in [2.75, 3.05) is 19.6 Å². The minimum Gasteiger partial charge on any atom is -0.303 e. The third kappa shape index (κ3) is 2.17. The van der Waals surface area contributed by atoms with Gasteiger partial charge < -0.3 is 4.90 Å². The maximum absolute atomic E-state index is 4.39. The Morgan fingerprint density at radius 1 is 1.44 bits per heavy atom. The number of likely N-dealkylation sites (N-methyl/N-ethyl adjacent to an activating group) is 1. The molecule has 0 aliphatic carbocycles. The summed E-state index contributed by atoms with van der Waals surface area (Å²) in [5, 5.41) is 8.66. The maximum atomic E-state index is 4.39. The zero-order valence-corrected chi connectivity index (χ0v) is 12.1. The topological polar surface area (TPSA) is 33.4 Å². The average molecular weight is 309 g/mol. The van der Waals surface area contributed by atoms with Crippen molar-refractivity contribution in [2.24, 2.45) is 0 Å². The summed E-state index contributed by atoms with van der Waals surface area (Å²) < 4.78 is 3.17. The summed E-state index contributed by atoms with van der Waals surface area (Å²) in [6.07, 6.45) is 4.52. The van der Waals surface area contributed by atoms with Gasteiger partial charge in [-0.15, -0.1) is 10.2 Å². The van der Waals surface area contributed by atoms with Gasteiger partial charge >= 0.3 is 0 Å². The van der Waals surface area contributed by atoms with Crippen molar-refractivity contribution < 1.29 is 0 Å². The number of aromatic nitrogens is 3. The van der Waals surface area contributed by atoms with Gasteiger partial charge in [0.2, 0.25) is 0 Å². The lowest BCUT2D eigenvalue weighted by atomic mass is 9.97. The maximum Gasteiger partial charge on any atom is 0.161 e. The van der Waals surface area contributed by atoms with Gasteiger partial charge in [0, 0.05) is 23.1 Å². The van der Waals surface area contributed by atoms with E-state index in [4.69, 9.17) is 0 Å². The normalized spacial score (nSPS) is 21.6. The van der Waals surface area contributed by atoms with Crippen LogP contribution in [0.3, 0.4) is 0 Å². The third-order valence-corrected chi connectivity index (χ3v) is 4.21. The number of rotatable bonds is 2. The number of fused-ring (bicyclic) bond motifs is 1. The van der Waals surface area contributed by atoms with Crippen molar-refractivity contribution in [3.63, 3.8) is 0 Å². The van der Waals surface area contributed by atoms with Crippen LogP contribution < -0.4 is 0 Å². The van der Waals surface area contributed by atoms with Crippen LogP contribution in [0.2, 0.25) is 0 Å². The Kier molecular flexibility index (Phi) is 3.35. The minimum atomic E-state index is 0.509. The Balaban J connectivity index is 1.94. The van der Waals surface area contributed by atoms with Crippen molar-refractivity contribution in [2.45, 2.75) is 25.7 Å². The number of pyridine rings is 1. The van der Waals surface area contributed by atoms with Gasteiger partial charge in [0.25, 0.3) is 0 Å². The Labute approximate surface area is 115 Å². The standard InChI is InChI=1S/C13H17BrN4/c1-2-17-6-3-4-10(9-17)13-16-15-12-8-11(14)5-7-18(12)13/h5,7-8,10H,2-4,6,9H2,1H3. The first kappa shape index (κ1) is 12.1. The monoisotopic (exact) mass is 308 g/mol. The van der Waals surface area contributed by atoms with Gasteiger partial charge in [0.05, 0.1) is 0 Å². The van der Waals surface area contributed by atoms with E-state index >= 15 is 0 Å². The lowest BCUT2D eigenvalue weighted by Crippen LogP contribution is -2.34. The van der Waals surface area contributed by atoms with Crippen molar-refractivity contribution in [3.8, 4) is 0 Å². The summed E-state index contributed by atoms with van der Waals surface area (Å²) in [5.74, 6) is 1.62. The van der Waals surface area contributed by atoms with Gasteiger partial charge in [-0.3, -0.25) is 4.40 Å². The van der Waals surface area contributed by atoms with Gasteiger partial charge in [-0.25, -0.2) is 0 Å². The lowest BCUT2D eigenvalue weighted by Gasteiger charge is -2.30. The molecule has 1 aliphatic heterocycles. The van der Waals surface area contributed by atoms with E-state index in [1.807, 2.05) is 12.1 Å². The van der Waals surface area contributed by atoms with E-state index in [1.165, 1.54) is 19.4 Å². The molecule has 1 fully saturated rings. The molecule has 4 nitrogen and oxygen atoms in total. The summed E-state index contributed by atoms with van der Waals surface area (Å²) >= 11 is 3.47. The number of hydrogen-bond acceptors (Lipinski definition) is 3. The molecule has 2 aromatic heterocycles. The van der Waals surface area contributed by atoms with Crippen LogP contribution in [-0.2, 0) is 0 Å². The van der Waals surface area contributed by atoms with E-state index in [0.717, 1.165) is 29.0 Å². The van der Waals surface area contributed by atoms with Crippen LogP contribution >= 0.6 is 15.9 Å². The zero-order valence-electron chi connectivity index (χ0n) is 10.5. The number of nitrogens with zero attached hydrogens (tertiary/aromatic N) is 4. The summed E-state index contributed by atoms with van der Waals surface area (Å²) in [4.78, 5) is 2.49. The molecule has 1 atom stereocenters. The van der Waals surface area contributed by atoms with Gasteiger partial charge in [-0.2, -0.15) is 0 Å². The second-order valence-corrected chi connectivity index (χ2v) is 5.78. The molecule has 0 amide bonds. The second-order valence-electron chi connectivity index (χ2n) is 4.86. The van der Waals surface area contributed by atoms with Crippen LogP contribution in [0.1, 0.15) is 31.5 Å². The zero-order chi connectivity index (χ0) is 12.5. The molecule has 96 valence electrons. The van der Waals surface area contributed by atoms with E-state index in [9.17, 15) is 0 Å². The molecule has 1 unspecified atom stereocenters. The van der Waals surface area contributed by atoms with Crippen molar-refractivity contribution in [3.05, 3.63) is 28.6 Å². The summed E-state index contributed by atoms with van der Waals surface area (Å²) in [5.41, 5.74) is 0.924. The van der Waals surface area contributed by atoms with E-state index < -0.39 is 0 Å². The van der Waals surface area contributed by atoms with E-state index in [2.05, 4.69) is 48.5 Å². The highest BCUT2D eigenvalue weighted by atomic mass is 79.9. The number of piperidine rings is 1. The van der Waals surface area contributed by atoms with E-state index in [1.54, 1.807) is 0 Å². The number of hydrogen-bond donors (Lipinski definition) is 0. The van der Waals surface area contributed by atoms with E-state index in [0.29, 0.717) is 5.92 Å². The molecule has 3 heterocycles. The molecule has 0 radical (unpaired) electrons. The molecule has 1 aliphatic rings. The minimum absolute atomic E-state index is 0.509. The highest BCUT2D eigenvalue weighted by Crippen LogP contribution is 2.26. The first-order valence-corrected chi connectivity index (χ1v) is 7.29. The molecule has 2 aromatic rings. The second kappa shape index (κ2) is 4.97. The van der Waals surface area contributed by atoms with E-state index in [-0.39, 0.29) is 0 Å². The van der Waals surface area contributed by atoms with Crippen molar-refractivity contribution >= 4 is 21.6 Å².